The van der Waals surface area contributed by atoms with Crippen LogP contribution < -0.4 is 10.7 Å². The number of nitrogens with one attached hydrogen (secondary N) is 2. The second-order valence-corrected chi connectivity index (χ2v) is 3.54. The average Bonchev–Trinajstić information content (AvgIpc) is 2.10. The first-order valence-electron chi connectivity index (χ1n) is 4.92. The first-order chi connectivity index (χ1) is 6.97. The van der Waals surface area contributed by atoms with E-state index in [1.54, 1.807) is 14.1 Å². The first-order valence-corrected chi connectivity index (χ1v) is 4.92. The van der Waals surface area contributed by atoms with Gasteiger partial charge in [0.05, 0.1) is 5.92 Å². The smallest absolute Gasteiger partial charge is 0.329 e. The number of carbonyl (C=O) groups is 2. The van der Waals surface area contributed by atoms with Crippen molar-refractivity contribution in [3.8, 4) is 0 Å². The quantitative estimate of drug-likeness (QED) is 0.557. The van der Waals surface area contributed by atoms with Crippen molar-refractivity contribution in [3.05, 3.63) is 0 Å². The molecule has 0 fully saturated rings. The van der Waals surface area contributed by atoms with E-state index in [-0.39, 0.29) is 12.6 Å². The molecule has 2 amide bonds. The largest absolute Gasteiger partial charge is 0.481 e. The molecule has 0 rings (SSSR count). The Balaban J connectivity index is 3.88. The van der Waals surface area contributed by atoms with Crippen LogP contribution in [0.5, 0.6) is 0 Å². The summed E-state index contributed by atoms with van der Waals surface area (Å²) in [5.74, 6) is -1.38. The van der Waals surface area contributed by atoms with E-state index in [0.29, 0.717) is 6.42 Å². The third-order valence-corrected chi connectivity index (χ3v) is 1.82. The maximum atomic E-state index is 11.1. The molecule has 15 heavy (non-hydrogen) atoms. The lowest BCUT2D eigenvalue weighted by atomic mass is 10.0. The van der Waals surface area contributed by atoms with Gasteiger partial charge in [0, 0.05) is 20.6 Å². The van der Waals surface area contributed by atoms with Crippen molar-refractivity contribution in [2.45, 2.75) is 19.8 Å². The van der Waals surface area contributed by atoms with Gasteiger partial charge in [-0.25, -0.2) is 9.80 Å². The molecule has 6 nitrogen and oxygen atoms in total. The fourth-order valence-electron chi connectivity index (χ4n) is 1.12. The molecule has 88 valence electrons. The Labute approximate surface area is 89.6 Å². The minimum Gasteiger partial charge on any atom is -0.481 e. The molecule has 0 spiro atoms. The van der Waals surface area contributed by atoms with E-state index in [1.807, 2.05) is 6.92 Å². The maximum absolute atomic E-state index is 11.1. The standard InChI is InChI=1S/C9H19N3O3/c1-4-5-7(8(13)14)6-10-9(15)11-12(2)3/h7H,4-6H2,1-3H3,(H,13,14)(H2,10,11,15). The molecule has 0 aromatic rings. The van der Waals surface area contributed by atoms with Crippen LogP contribution in [0.25, 0.3) is 0 Å². The summed E-state index contributed by atoms with van der Waals surface area (Å²) in [5.41, 5.74) is 2.47. The van der Waals surface area contributed by atoms with Gasteiger partial charge < -0.3 is 10.4 Å². The van der Waals surface area contributed by atoms with Gasteiger partial charge in [-0.15, -0.1) is 0 Å². The molecular weight excluding hydrogens is 198 g/mol. The highest BCUT2D eigenvalue weighted by Crippen LogP contribution is 2.04. The van der Waals surface area contributed by atoms with Gasteiger partial charge in [0.2, 0.25) is 0 Å². The van der Waals surface area contributed by atoms with Gasteiger partial charge in [0.1, 0.15) is 0 Å². The van der Waals surface area contributed by atoms with Crippen molar-refractivity contribution in [3.63, 3.8) is 0 Å². The Bertz CT molecular complexity index is 219. The Morgan fingerprint density at radius 3 is 2.40 bits per heavy atom. The number of carboxylic acids is 1. The molecule has 0 aliphatic carbocycles. The summed E-state index contributed by atoms with van der Waals surface area (Å²) in [4.78, 5) is 21.9. The highest BCUT2D eigenvalue weighted by Gasteiger charge is 2.16. The second kappa shape index (κ2) is 7.05. The number of hydrogen-bond donors (Lipinski definition) is 3. The molecule has 0 aromatic heterocycles. The number of hydrazine groups is 1. The zero-order chi connectivity index (χ0) is 11.8. The van der Waals surface area contributed by atoms with E-state index in [0.717, 1.165) is 6.42 Å². The van der Waals surface area contributed by atoms with E-state index >= 15 is 0 Å². The highest BCUT2D eigenvalue weighted by atomic mass is 16.4. The van der Waals surface area contributed by atoms with Gasteiger partial charge in [-0.3, -0.25) is 10.2 Å². The fraction of sp³-hybridized carbons (Fsp3) is 0.778. The highest BCUT2D eigenvalue weighted by molar-refractivity contribution is 5.75. The number of amides is 2. The lowest BCUT2D eigenvalue weighted by Gasteiger charge is -2.15. The summed E-state index contributed by atoms with van der Waals surface area (Å²) in [7, 11) is 3.36. The monoisotopic (exact) mass is 217 g/mol. The van der Waals surface area contributed by atoms with E-state index < -0.39 is 11.9 Å². The van der Waals surface area contributed by atoms with Gasteiger partial charge in [-0.2, -0.15) is 0 Å². The van der Waals surface area contributed by atoms with Crippen LogP contribution in [0, 0.1) is 5.92 Å². The molecule has 6 heteroatoms. The fourth-order valence-corrected chi connectivity index (χ4v) is 1.12. The third kappa shape index (κ3) is 6.73. The van der Waals surface area contributed by atoms with Crippen LogP contribution in [0.15, 0.2) is 0 Å². The summed E-state index contributed by atoms with van der Waals surface area (Å²) in [6.45, 7) is 2.07. The molecule has 0 heterocycles. The Kier molecular flexibility index (Phi) is 6.44. The normalized spacial score (nSPS) is 12.3. The molecule has 0 saturated carbocycles. The molecule has 0 aromatic carbocycles. The van der Waals surface area contributed by atoms with Crippen LogP contribution in [-0.4, -0.2) is 42.8 Å². The Morgan fingerprint density at radius 1 is 1.40 bits per heavy atom. The van der Waals surface area contributed by atoms with E-state index in [4.69, 9.17) is 5.11 Å². The number of aliphatic carboxylic acids is 1. The van der Waals surface area contributed by atoms with Gasteiger partial charge in [0.15, 0.2) is 0 Å². The predicted molar refractivity (Wildman–Crippen MR) is 56.3 cm³/mol. The summed E-state index contributed by atoms with van der Waals surface area (Å²) >= 11 is 0. The molecule has 1 atom stereocenters. The maximum Gasteiger partial charge on any atom is 0.329 e. The molecule has 3 N–H and O–H groups in total. The van der Waals surface area contributed by atoms with Crippen LogP contribution in [0.4, 0.5) is 4.79 Å². The van der Waals surface area contributed by atoms with Gasteiger partial charge in [-0.05, 0) is 6.42 Å². The van der Waals surface area contributed by atoms with E-state index in [9.17, 15) is 9.59 Å². The molecule has 0 aliphatic rings. The van der Waals surface area contributed by atoms with Crippen LogP contribution in [-0.2, 0) is 4.79 Å². The van der Waals surface area contributed by atoms with E-state index in [2.05, 4.69) is 10.7 Å². The van der Waals surface area contributed by atoms with E-state index in [1.165, 1.54) is 5.01 Å². The van der Waals surface area contributed by atoms with Gasteiger partial charge in [-0.1, -0.05) is 13.3 Å². The van der Waals surface area contributed by atoms with Crippen molar-refractivity contribution >= 4 is 12.0 Å². The summed E-state index contributed by atoms with van der Waals surface area (Å²) < 4.78 is 0. The van der Waals surface area contributed by atoms with Gasteiger partial charge in [0.25, 0.3) is 0 Å². The second-order valence-electron chi connectivity index (χ2n) is 3.54. The minimum absolute atomic E-state index is 0.156. The van der Waals surface area contributed by atoms with Crippen molar-refractivity contribution in [1.82, 2.24) is 15.8 Å². The number of hydrogen-bond acceptors (Lipinski definition) is 3. The Hall–Kier alpha value is -1.30. The van der Waals surface area contributed by atoms with Crippen molar-refractivity contribution < 1.29 is 14.7 Å². The van der Waals surface area contributed by atoms with Crippen molar-refractivity contribution in [2.24, 2.45) is 5.92 Å². The molecule has 0 aliphatic heterocycles. The Morgan fingerprint density at radius 2 is 2.00 bits per heavy atom. The molecule has 0 saturated heterocycles. The number of nitrogens with zero attached hydrogens (tertiary/aromatic N) is 1. The van der Waals surface area contributed by atoms with Crippen molar-refractivity contribution in [2.75, 3.05) is 20.6 Å². The average molecular weight is 217 g/mol. The summed E-state index contributed by atoms with van der Waals surface area (Å²) in [6.07, 6.45) is 1.35. The molecule has 0 bridgehead atoms. The zero-order valence-electron chi connectivity index (χ0n) is 9.41. The SMILES string of the molecule is CCCC(CNC(=O)NN(C)C)C(=O)O. The lowest BCUT2D eigenvalue weighted by molar-refractivity contribution is -0.141. The third-order valence-electron chi connectivity index (χ3n) is 1.82. The van der Waals surface area contributed by atoms with Crippen LogP contribution >= 0.6 is 0 Å². The summed E-state index contributed by atoms with van der Waals surface area (Å²) in [6, 6.07) is -0.387. The number of rotatable bonds is 6. The number of carboxylic acid groups (broad SMARTS) is 1. The van der Waals surface area contributed by atoms with Crippen LogP contribution in [0.1, 0.15) is 19.8 Å². The zero-order valence-corrected chi connectivity index (χ0v) is 9.41. The molecule has 1 unspecified atom stereocenters. The lowest BCUT2D eigenvalue weighted by Crippen LogP contribution is -2.45. The molecular formula is C9H19N3O3. The number of carbonyl (C=O) groups excluding carboxylic acids is 1. The minimum atomic E-state index is -0.873. The number of urea groups is 1. The van der Waals surface area contributed by atoms with Gasteiger partial charge >= 0.3 is 12.0 Å². The predicted octanol–water partition coefficient (Wildman–Crippen LogP) is 0.263. The first kappa shape index (κ1) is 13.7. The topological polar surface area (TPSA) is 81.7 Å². The van der Waals surface area contributed by atoms with Crippen LogP contribution in [0.2, 0.25) is 0 Å². The molecule has 0 radical (unpaired) electrons. The summed E-state index contributed by atoms with van der Waals surface area (Å²) in [5, 5.41) is 12.8. The van der Waals surface area contributed by atoms with Crippen molar-refractivity contribution in [1.29, 1.82) is 0 Å². The van der Waals surface area contributed by atoms with Crippen LogP contribution in [0.3, 0.4) is 0 Å².